The second-order valence-electron chi connectivity index (χ2n) is 8.19. The van der Waals surface area contributed by atoms with Crippen LogP contribution in [0.1, 0.15) is 45.4 Å². The first-order valence-electron chi connectivity index (χ1n) is 9.41. The Labute approximate surface area is 138 Å². The molecule has 0 aromatic heterocycles. The van der Waals surface area contributed by atoms with Gasteiger partial charge in [-0.25, -0.2) is 0 Å². The molecule has 1 heterocycles. The van der Waals surface area contributed by atoms with Gasteiger partial charge in [0.15, 0.2) is 0 Å². The molecule has 5 nitrogen and oxygen atoms in total. The molecule has 1 amide bonds. The Morgan fingerprint density at radius 3 is 2.52 bits per heavy atom. The highest BCUT2D eigenvalue weighted by Gasteiger charge is 2.57. The maximum atomic E-state index is 13.0. The zero-order chi connectivity index (χ0) is 16.2. The fourth-order valence-electron chi connectivity index (χ4n) is 5.87. The molecular weight excluding hydrogens is 292 g/mol. The molecule has 0 radical (unpaired) electrons. The molecule has 4 aliphatic rings. The molecule has 6 unspecified atom stereocenters. The lowest BCUT2D eigenvalue weighted by Gasteiger charge is -2.56. The third-order valence-corrected chi connectivity index (χ3v) is 7.38. The SMILES string of the molecule is CCOC1CC(O)C12CCN(C(=O)C1C3CCC(C3)C1N)CC2. The average molecular weight is 322 g/mol. The Morgan fingerprint density at radius 1 is 1.26 bits per heavy atom. The Kier molecular flexibility index (Phi) is 3.94. The van der Waals surface area contributed by atoms with Gasteiger partial charge < -0.3 is 20.5 Å². The van der Waals surface area contributed by atoms with Gasteiger partial charge in [-0.1, -0.05) is 0 Å². The van der Waals surface area contributed by atoms with Crippen LogP contribution in [0.5, 0.6) is 0 Å². The molecule has 0 aromatic carbocycles. The van der Waals surface area contributed by atoms with Crippen LogP contribution in [0.3, 0.4) is 0 Å². The fraction of sp³-hybridized carbons (Fsp3) is 0.944. The number of fused-ring (bicyclic) bond motifs is 2. The van der Waals surface area contributed by atoms with Gasteiger partial charge in [0.25, 0.3) is 0 Å². The van der Waals surface area contributed by atoms with Crippen molar-refractivity contribution in [2.24, 2.45) is 28.9 Å². The van der Waals surface area contributed by atoms with Gasteiger partial charge in [0.05, 0.1) is 18.1 Å². The molecule has 1 spiro atoms. The first kappa shape index (κ1) is 15.9. The zero-order valence-corrected chi connectivity index (χ0v) is 14.1. The third kappa shape index (κ3) is 2.27. The van der Waals surface area contributed by atoms with Crippen LogP contribution in [0.15, 0.2) is 0 Å². The highest BCUT2D eigenvalue weighted by Crippen LogP contribution is 2.52. The maximum absolute atomic E-state index is 13.0. The lowest BCUT2D eigenvalue weighted by atomic mass is 9.58. The Bertz CT molecular complexity index is 471. The monoisotopic (exact) mass is 322 g/mol. The molecule has 0 aromatic rings. The summed E-state index contributed by atoms with van der Waals surface area (Å²) in [5, 5.41) is 10.3. The lowest BCUT2D eigenvalue weighted by molar-refractivity contribution is -0.210. The first-order chi connectivity index (χ1) is 11.1. The summed E-state index contributed by atoms with van der Waals surface area (Å²) in [6.45, 7) is 4.20. The predicted octanol–water partition coefficient (Wildman–Crippen LogP) is 1.14. The number of aliphatic hydroxyl groups is 1. The second kappa shape index (κ2) is 5.71. The summed E-state index contributed by atoms with van der Waals surface area (Å²) in [5.41, 5.74) is 6.23. The normalized spacial score (nSPS) is 44.6. The largest absolute Gasteiger partial charge is 0.392 e. The topological polar surface area (TPSA) is 75.8 Å². The number of hydrogen-bond donors (Lipinski definition) is 2. The number of carbonyl (C=O) groups is 1. The summed E-state index contributed by atoms with van der Waals surface area (Å²) >= 11 is 0. The van der Waals surface area contributed by atoms with E-state index in [4.69, 9.17) is 10.5 Å². The van der Waals surface area contributed by atoms with Gasteiger partial charge in [0, 0.05) is 37.6 Å². The number of amides is 1. The minimum absolute atomic E-state index is 0.0526. The Hall–Kier alpha value is -0.650. The summed E-state index contributed by atoms with van der Waals surface area (Å²) in [4.78, 5) is 15.0. The van der Waals surface area contributed by atoms with Crippen molar-refractivity contribution in [2.45, 2.75) is 63.7 Å². The summed E-state index contributed by atoms with van der Waals surface area (Å²) in [7, 11) is 0. The number of aliphatic hydroxyl groups excluding tert-OH is 1. The van der Waals surface area contributed by atoms with Gasteiger partial charge in [-0.2, -0.15) is 0 Å². The quantitative estimate of drug-likeness (QED) is 0.817. The molecule has 23 heavy (non-hydrogen) atoms. The van der Waals surface area contributed by atoms with E-state index in [1.807, 2.05) is 11.8 Å². The van der Waals surface area contributed by atoms with Crippen LogP contribution in [0, 0.1) is 23.2 Å². The number of nitrogens with zero attached hydrogens (tertiary/aromatic N) is 1. The van der Waals surface area contributed by atoms with E-state index in [9.17, 15) is 9.90 Å². The molecule has 6 atom stereocenters. The smallest absolute Gasteiger partial charge is 0.227 e. The molecule has 3 N–H and O–H groups in total. The van der Waals surface area contributed by atoms with Crippen LogP contribution < -0.4 is 5.73 Å². The summed E-state index contributed by atoms with van der Waals surface area (Å²) in [6, 6.07) is 0.0719. The highest BCUT2D eigenvalue weighted by atomic mass is 16.5. The molecule has 5 heteroatoms. The van der Waals surface area contributed by atoms with Crippen molar-refractivity contribution in [2.75, 3.05) is 19.7 Å². The van der Waals surface area contributed by atoms with Gasteiger partial charge in [-0.15, -0.1) is 0 Å². The van der Waals surface area contributed by atoms with E-state index in [2.05, 4.69) is 0 Å². The maximum Gasteiger partial charge on any atom is 0.227 e. The van der Waals surface area contributed by atoms with Crippen molar-refractivity contribution in [1.29, 1.82) is 0 Å². The van der Waals surface area contributed by atoms with Crippen LogP contribution in [0.2, 0.25) is 0 Å². The first-order valence-corrected chi connectivity index (χ1v) is 9.41. The van der Waals surface area contributed by atoms with E-state index in [1.165, 1.54) is 12.8 Å². The van der Waals surface area contributed by atoms with Gasteiger partial charge in [-0.05, 0) is 50.9 Å². The molecule has 3 aliphatic carbocycles. The van der Waals surface area contributed by atoms with Crippen molar-refractivity contribution in [1.82, 2.24) is 4.90 Å². The highest BCUT2D eigenvalue weighted by molar-refractivity contribution is 5.80. The molecule has 4 rings (SSSR count). The Balaban J connectivity index is 1.39. The van der Waals surface area contributed by atoms with E-state index >= 15 is 0 Å². The third-order valence-electron chi connectivity index (χ3n) is 7.38. The van der Waals surface area contributed by atoms with E-state index in [1.54, 1.807) is 0 Å². The standard InChI is InChI=1S/C18H30N2O3/c1-2-23-14-10-13(21)18(14)5-7-20(8-6-18)17(22)15-11-3-4-12(9-11)16(15)19/h11-16,21H,2-10,19H2,1H3. The molecular formula is C18H30N2O3. The predicted molar refractivity (Wildman–Crippen MR) is 86.6 cm³/mol. The minimum Gasteiger partial charge on any atom is -0.392 e. The second-order valence-corrected chi connectivity index (χ2v) is 8.19. The van der Waals surface area contributed by atoms with Crippen molar-refractivity contribution in [3.8, 4) is 0 Å². The number of nitrogens with two attached hydrogens (primary N) is 1. The van der Waals surface area contributed by atoms with Crippen LogP contribution in [0.4, 0.5) is 0 Å². The van der Waals surface area contributed by atoms with E-state index in [-0.39, 0.29) is 35.5 Å². The molecule has 2 bridgehead atoms. The number of rotatable bonds is 3. The fourth-order valence-corrected chi connectivity index (χ4v) is 5.87. The van der Waals surface area contributed by atoms with Gasteiger partial charge >= 0.3 is 0 Å². The number of piperidine rings is 1. The van der Waals surface area contributed by atoms with Crippen LogP contribution >= 0.6 is 0 Å². The van der Waals surface area contributed by atoms with Gasteiger partial charge in [0.2, 0.25) is 5.91 Å². The molecule has 4 fully saturated rings. The van der Waals surface area contributed by atoms with Crippen molar-refractivity contribution < 1.29 is 14.6 Å². The zero-order valence-electron chi connectivity index (χ0n) is 14.1. The average Bonchev–Trinajstić information content (AvgIpc) is 3.15. The van der Waals surface area contributed by atoms with Gasteiger partial charge in [-0.3, -0.25) is 4.79 Å². The lowest BCUT2D eigenvalue weighted by Crippen LogP contribution is -2.63. The number of carbonyl (C=O) groups excluding carboxylic acids is 1. The van der Waals surface area contributed by atoms with Crippen molar-refractivity contribution in [3.63, 3.8) is 0 Å². The molecule has 130 valence electrons. The molecule has 1 aliphatic heterocycles. The van der Waals surface area contributed by atoms with Crippen LogP contribution in [-0.4, -0.2) is 53.9 Å². The van der Waals surface area contributed by atoms with E-state index in [0.29, 0.717) is 18.4 Å². The summed E-state index contributed by atoms with van der Waals surface area (Å²) in [6.07, 6.45) is 5.92. The van der Waals surface area contributed by atoms with Crippen LogP contribution in [-0.2, 0) is 9.53 Å². The summed E-state index contributed by atoms with van der Waals surface area (Å²) < 4.78 is 5.81. The molecule has 3 saturated carbocycles. The van der Waals surface area contributed by atoms with Crippen molar-refractivity contribution >= 4 is 5.91 Å². The number of hydrogen-bond acceptors (Lipinski definition) is 4. The molecule has 1 saturated heterocycles. The Morgan fingerprint density at radius 2 is 1.96 bits per heavy atom. The van der Waals surface area contributed by atoms with Gasteiger partial charge in [0.1, 0.15) is 0 Å². The number of ether oxygens (including phenoxy) is 1. The minimum atomic E-state index is -0.263. The van der Waals surface area contributed by atoms with Crippen molar-refractivity contribution in [3.05, 3.63) is 0 Å². The number of likely N-dealkylation sites (tertiary alicyclic amines) is 1. The summed E-state index contributed by atoms with van der Waals surface area (Å²) in [5.74, 6) is 1.42. The van der Waals surface area contributed by atoms with E-state index in [0.717, 1.165) is 38.8 Å². The van der Waals surface area contributed by atoms with E-state index < -0.39 is 0 Å². The van der Waals surface area contributed by atoms with Crippen LogP contribution in [0.25, 0.3) is 0 Å².